The Morgan fingerprint density at radius 2 is 2.07 bits per heavy atom. The van der Waals surface area contributed by atoms with Gasteiger partial charge in [-0.25, -0.2) is 0 Å². The van der Waals surface area contributed by atoms with Gasteiger partial charge in [-0.3, -0.25) is 9.59 Å². The summed E-state index contributed by atoms with van der Waals surface area (Å²) in [6.07, 6.45) is 5.12. The second kappa shape index (κ2) is 6.07. The van der Waals surface area contributed by atoms with Gasteiger partial charge in [0, 0.05) is 5.69 Å². The molecule has 3 aliphatic heterocycles. The first kappa shape index (κ1) is 17.3. The summed E-state index contributed by atoms with van der Waals surface area (Å²) in [5.41, 5.74) is 2.20. The number of nitrogens with zero attached hydrogens (tertiary/aromatic N) is 1. The van der Waals surface area contributed by atoms with Crippen LogP contribution in [0.3, 0.4) is 0 Å². The van der Waals surface area contributed by atoms with Gasteiger partial charge in [-0.2, -0.15) is 0 Å². The number of hydrogen-bond donors (Lipinski definition) is 1. The Morgan fingerprint density at radius 1 is 1.29 bits per heavy atom. The molecular formula is C22H22N2O4. The lowest BCUT2D eigenvalue weighted by Gasteiger charge is -2.23. The number of hydrogen-bond acceptors (Lipinski definition) is 4. The lowest BCUT2D eigenvalue weighted by Crippen LogP contribution is -2.41. The molecule has 2 bridgehead atoms. The van der Waals surface area contributed by atoms with E-state index >= 15 is 0 Å². The Kier molecular flexibility index (Phi) is 3.74. The second-order valence-corrected chi connectivity index (χ2v) is 8.04. The molecule has 4 atom stereocenters. The maximum absolute atomic E-state index is 13.2. The van der Waals surface area contributed by atoms with E-state index in [0.717, 1.165) is 22.6 Å². The number of ether oxygens (including phenoxy) is 1. The summed E-state index contributed by atoms with van der Waals surface area (Å²) in [6, 6.07) is 9.57. The molecule has 1 spiro atoms. The molecule has 2 saturated heterocycles. The Morgan fingerprint density at radius 3 is 2.79 bits per heavy atom. The van der Waals surface area contributed by atoms with Crippen molar-refractivity contribution in [1.82, 2.24) is 4.90 Å². The van der Waals surface area contributed by atoms with Gasteiger partial charge in [-0.1, -0.05) is 18.2 Å². The van der Waals surface area contributed by atoms with E-state index in [1.54, 1.807) is 17.2 Å². The van der Waals surface area contributed by atoms with E-state index in [-0.39, 0.29) is 17.9 Å². The second-order valence-electron chi connectivity index (χ2n) is 8.04. The standard InChI is InChI=1S/C22H22N2O4/c1-13-8-14(2)10-15(9-13)23-20(25)18-17-5-6-22(28-17)12-24(21(26)19(18)22)11-16-4-3-7-27-16/h3-10,17-19H,11-12H2,1-2H3,(H,23,25)/t17-,18-,19+,22+/m1/s1. The highest BCUT2D eigenvalue weighted by Gasteiger charge is 2.66. The summed E-state index contributed by atoms with van der Waals surface area (Å²) in [4.78, 5) is 28.0. The lowest BCUT2D eigenvalue weighted by atomic mass is 9.76. The number of rotatable bonds is 4. The molecule has 0 unspecified atom stereocenters. The zero-order valence-electron chi connectivity index (χ0n) is 15.8. The van der Waals surface area contributed by atoms with Crippen LogP contribution in [0.15, 0.2) is 53.2 Å². The fraction of sp³-hybridized carbons (Fsp3) is 0.364. The summed E-state index contributed by atoms with van der Waals surface area (Å²) in [6.45, 7) is 4.82. The normalized spacial score (nSPS) is 30.1. The lowest BCUT2D eigenvalue weighted by molar-refractivity contribution is -0.136. The maximum atomic E-state index is 13.2. The maximum Gasteiger partial charge on any atom is 0.231 e. The molecule has 2 amide bonds. The third-order valence-corrected chi connectivity index (χ3v) is 5.90. The van der Waals surface area contributed by atoms with E-state index in [1.807, 2.05) is 44.2 Å². The number of fused-ring (bicyclic) bond motifs is 1. The van der Waals surface area contributed by atoms with Gasteiger partial charge in [-0.05, 0) is 49.2 Å². The van der Waals surface area contributed by atoms with Gasteiger partial charge in [0.1, 0.15) is 11.4 Å². The summed E-state index contributed by atoms with van der Waals surface area (Å²) in [5, 5.41) is 3.00. The molecule has 2 fully saturated rings. The highest BCUT2D eigenvalue weighted by atomic mass is 16.5. The summed E-state index contributed by atoms with van der Waals surface area (Å²) in [5.74, 6) is -0.522. The fourth-order valence-corrected chi connectivity index (χ4v) is 4.87. The monoisotopic (exact) mass is 378 g/mol. The molecule has 6 heteroatoms. The van der Waals surface area contributed by atoms with Crippen LogP contribution in [0.5, 0.6) is 0 Å². The van der Waals surface area contributed by atoms with Crippen LogP contribution in [0.1, 0.15) is 16.9 Å². The van der Waals surface area contributed by atoms with Crippen molar-refractivity contribution < 1.29 is 18.7 Å². The number of carbonyl (C=O) groups is 2. The topological polar surface area (TPSA) is 71.8 Å². The van der Waals surface area contributed by atoms with E-state index < -0.39 is 17.4 Å². The van der Waals surface area contributed by atoms with Crippen LogP contribution < -0.4 is 5.32 Å². The number of anilines is 1. The van der Waals surface area contributed by atoms with Crippen molar-refractivity contribution in [3.63, 3.8) is 0 Å². The van der Waals surface area contributed by atoms with E-state index in [9.17, 15) is 9.59 Å². The van der Waals surface area contributed by atoms with Crippen LogP contribution in [-0.4, -0.2) is 35.0 Å². The highest BCUT2D eigenvalue weighted by molar-refractivity contribution is 5.99. The minimum atomic E-state index is -0.709. The Bertz CT molecular complexity index is 960. The number of carbonyl (C=O) groups excluding carboxylic acids is 2. The number of amides is 2. The first-order valence-electron chi connectivity index (χ1n) is 9.53. The van der Waals surface area contributed by atoms with Crippen LogP contribution >= 0.6 is 0 Å². The van der Waals surface area contributed by atoms with Gasteiger partial charge in [0.2, 0.25) is 11.8 Å². The summed E-state index contributed by atoms with van der Waals surface area (Å²) >= 11 is 0. The molecule has 5 rings (SSSR count). The van der Waals surface area contributed by atoms with Gasteiger partial charge < -0.3 is 19.4 Å². The van der Waals surface area contributed by atoms with Crippen molar-refractivity contribution in [2.45, 2.75) is 32.1 Å². The van der Waals surface area contributed by atoms with E-state index in [1.165, 1.54) is 0 Å². The predicted octanol–water partition coefficient (Wildman–Crippen LogP) is 2.82. The van der Waals surface area contributed by atoms with Crippen molar-refractivity contribution in [2.24, 2.45) is 11.8 Å². The Hall–Kier alpha value is -2.86. The first-order chi connectivity index (χ1) is 13.4. The van der Waals surface area contributed by atoms with E-state index in [0.29, 0.717) is 13.1 Å². The quantitative estimate of drug-likeness (QED) is 0.831. The highest BCUT2D eigenvalue weighted by Crippen LogP contribution is 2.52. The molecule has 6 nitrogen and oxygen atoms in total. The summed E-state index contributed by atoms with van der Waals surface area (Å²) in [7, 11) is 0. The largest absolute Gasteiger partial charge is 0.467 e. The van der Waals surface area contributed by atoms with Crippen molar-refractivity contribution in [1.29, 1.82) is 0 Å². The third kappa shape index (κ3) is 2.59. The van der Waals surface area contributed by atoms with Gasteiger partial charge in [0.15, 0.2) is 0 Å². The summed E-state index contributed by atoms with van der Waals surface area (Å²) < 4.78 is 11.5. The first-order valence-corrected chi connectivity index (χ1v) is 9.53. The molecule has 0 aliphatic carbocycles. The van der Waals surface area contributed by atoms with Crippen molar-refractivity contribution in [3.8, 4) is 0 Å². The number of aryl methyl sites for hydroxylation is 2. The molecule has 1 aromatic heterocycles. The van der Waals surface area contributed by atoms with Crippen molar-refractivity contribution in [3.05, 3.63) is 65.6 Å². The SMILES string of the molecule is Cc1cc(C)cc(NC(=O)[C@H]2[C@H]3C(=O)N(Cc4ccco4)C[C@@]34C=C[C@H]2O4)c1. The van der Waals surface area contributed by atoms with Crippen LogP contribution in [-0.2, 0) is 20.9 Å². The molecule has 0 radical (unpaired) electrons. The van der Waals surface area contributed by atoms with Gasteiger partial charge in [0.05, 0.1) is 37.3 Å². The Balaban J connectivity index is 1.39. The minimum Gasteiger partial charge on any atom is -0.467 e. The zero-order chi connectivity index (χ0) is 19.5. The molecule has 144 valence electrons. The molecule has 2 aromatic rings. The van der Waals surface area contributed by atoms with Crippen molar-refractivity contribution in [2.75, 3.05) is 11.9 Å². The zero-order valence-corrected chi connectivity index (χ0v) is 15.8. The average molecular weight is 378 g/mol. The molecular weight excluding hydrogens is 356 g/mol. The molecule has 3 aliphatic rings. The molecule has 4 heterocycles. The van der Waals surface area contributed by atoms with Crippen LogP contribution in [0, 0.1) is 25.7 Å². The molecule has 28 heavy (non-hydrogen) atoms. The number of benzene rings is 1. The van der Waals surface area contributed by atoms with Crippen molar-refractivity contribution >= 4 is 17.5 Å². The van der Waals surface area contributed by atoms with E-state index in [4.69, 9.17) is 9.15 Å². The third-order valence-electron chi connectivity index (χ3n) is 5.90. The van der Waals surface area contributed by atoms with E-state index in [2.05, 4.69) is 11.4 Å². The molecule has 0 saturated carbocycles. The fourth-order valence-electron chi connectivity index (χ4n) is 4.87. The van der Waals surface area contributed by atoms with Crippen LogP contribution in [0.4, 0.5) is 5.69 Å². The molecule has 1 aromatic carbocycles. The average Bonchev–Trinajstić information content (AvgIpc) is 3.37. The van der Waals surface area contributed by atoms with Gasteiger partial charge in [-0.15, -0.1) is 0 Å². The predicted molar refractivity (Wildman–Crippen MR) is 102 cm³/mol. The van der Waals surface area contributed by atoms with Gasteiger partial charge in [0.25, 0.3) is 0 Å². The molecule has 1 N–H and O–H groups in total. The number of nitrogens with one attached hydrogen (secondary N) is 1. The Labute approximate surface area is 163 Å². The minimum absolute atomic E-state index is 0.0520. The smallest absolute Gasteiger partial charge is 0.231 e. The number of furan rings is 1. The van der Waals surface area contributed by atoms with Crippen LogP contribution in [0.2, 0.25) is 0 Å². The van der Waals surface area contributed by atoms with Gasteiger partial charge >= 0.3 is 0 Å². The number of likely N-dealkylation sites (tertiary alicyclic amines) is 1. The van der Waals surface area contributed by atoms with Crippen LogP contribution in [0.25, 0.3) is 0 Å².